The van der Waals surface area contributed by atoms with Crippen molar-refractivity contribution in [1.29, 1.82) is 5.26 Å². The van der Waals surface area contributed by atoms with Crippen molar-refractivity contribution in [3.8, 4) is 11.8 Å². The van der Waals surface area contributed by atoms with Gasteiger partial charge in [-0.15, -0.1) is 0 Å². The number of hydrogen-bond acceptors (Lipinski definition) is 4. The van der Waals surface area contributed by atoms with E-state index in [2.05, 4.69) is 19.1 Å². The third-order valence-corrected chi connectivity index (χ3v) is 7.47. The van der Waals surface area contributed by atoms with E-state index in [9.17, 15) is 15.3 Å². The molecule has 0 spiro atoms. The van der Waals surface area contributed by atoms with Gasteiger partial charge in [-0.3, -0.25) is 0 Å². The summed E-state index contributed by atoms with van der Waals surface area (Å²) in [6.45, 7) is 2.08. The summed E-state index contributed by atoms with van der Waals surface area (Å²) in [7, 11) is 0. The van der Waals surface area contributed by atoms with Gasteiger partial charge >= 0.3 is 0 Å². The first kappa shape index (κ1) is 15.9. The Labute approximate surface area is 142 Å². The van der Waals surface area contributed by atoms with Crippen LogP contribution >= 0.6 is 0 Å². The van der Waals surface area contributed by atoms with Crippen molar-refractivity contribution < 1.29 is 15.3 Å². The lowest BCUT2D eigenvalue weighted by Gasteiger charge is -2.52. The molecule has 0 unspecified atom stereocenters. The van der Waals surface area contributed by atoms with Gasteiger partial charge in [0.25, 0.3) is 0 Å². The van der Waals surface area contributed by atoms with Gasteiger partial charge in [0.15, 0.2) is 0 Å². The maximum absolute atomic E-state index is 11.1. The molecule has 0 radical (unpaired) electrons. The van der Waals surface area contributed by atoms with E-state index in [-0.39, 0.29) is 12.3 Å². The van der Waals surface area contributed by atoms with Crippen LogP contribution in [0, 0.1) is 28.6 Å². The molecule has 0 aromatic heterocycles. The van der Waals surface area contributed by atoms with Gasteiger partial charge in [0.1, 0.15) is 11.4 Å². The monoisotopic (exact) mass is 327 g/mol. The van der Waals surface area contributed by atoms with Crippen LogP contribution < -0.4 is 0 Å². The Morgan fingerprint density at radius 2 is 2.12 bits per heavy atom. The van der Waals surface area contributed by atoms with Crippen molar-refractivity contribution in [2.24, 2.45) is 17.3 Å². The van der Waals surface area contributed by atoms with Crippen molar-refractivity contribution >= 4 is 0 Å². The smallest absolute Gasteiger partial charge is 0.115 e. The van der Waals surface area contributed by atoms with E-state index in [4.69, 9.17) is 5.26 Å². The third kappa shape index (κ3) is 1.92. The molecule has 1 aromatic rings. The van der Waals surface area contributed by atoms with Crippen molar-refractivity contribution in [2.75, 3.05) is 0 Å². The second-order valence-corrected chi connectivity index (χ2v) is 8.27. The number of benzene rings is 1. The Morgan fingerprint density at radius 3 is 2.88 bits per heavy atom. The first-order chi connectivity index (χ1) is 11.4. The zero-order valence-electron chi connectivity index (χ0n) is 14.1. The number of aliphatic hydroxyl groups is 2. The minimum absolute atomic E-state index is 0.00299. The van der Waals surface area contributed by atoms with E-state index >= 15 is 0 Å². The molecule has 0 amide bonds. The summed E-state index contributed by atoms with van der Waals surface area (Å²) in [6.07, 6.45) is 3.53. The normalized spacial score (nSPS) is 43.4. The standard InChI is InChI=1S/C20H25NO3/c1-19-7-6-15-14-5-3-13(22)10-12(14)2-4-16(15)17(19)11-18(23)20(19,24)8-9-21/h3,5,10,15-18,22-24H,2,4,6-8,11H2,1H3/t15-,16-,17+,18-,19+,20+/m1/s1. The molecule has 2 saturated carbocycles. The van der Waals surface area contributed by atoms with Gasteiger partial charge in [0.2, 0.25) is 0 Å². The molecule has 0 heterocycles. The second kappa shape index (κ2) is 5.21. The van der Waals surface area contributed by atoms with E-state index < -0.39 is 17.1 Å². The van der Waals surface area contributed by atoms with Gasteiger partial charge in [-0.2, -0.15) is 5.26 Å². The fourth-order valence-corrected chi connectivity index (χ4v) is 6.12. The number of hydrogen-bond donors (Lipinski definition) is 3. The van der Waals surface area contributed by atoms with Crippen LogP contribution in [-0.4, -0.2) is 27.0 Å². The lowest BCUT2D eigenvalue weighted by molar-refractivity contribution is -0.138. The molecule has 2 fully saturated rings. The quantitative estimate of drug-likeness (QED) is 0.740. The topological polar surface area (TPSA) is 84.5 Å². The Bertz CT molecular complexity index is 711. The van der Waals surface area contributed by atoms with Gasteiger partial charge in [-0.05, 0) is 73.1 Å². The highest BCUT2D eigenvalue weighted by atomic mass is 16.3. The number of nitriles is 1. The molecule has 0 aliphatic heterocycles. The van der Waals surface area contributed by atoms with Crippen LogP contribution in [0.4, 0.5) is 0 Å². The number of aromatic hydroxyl groups is 1. The molecule has 128 valence electrons. The summed E-state index contributed by atoms with van der Waals surface area (Å²) in [5.74, 6) is 1.44. The zero-order valence-corrected chi connectivity index (χ0v) is 14.1. The summed E-state index contributed by atoms with van der Waals surface area (Å²) in [5, 5.41) is 40.6. The molecular formula is C20H25NO3. The minimum atomic E-state index is -1.29. The molecule has 3 N–H and O–H groups in total. The summed E-state index contributed by atoms with van der Waals surface area (Å²) in [5.41, 5.74) is 0.895. The Morgan fingerprint density at radius 1 is 1.33 bits per heavy atom. The van der Waals surface area contributed by atoms with Crippen LogP contribution in [0.15, 0.2) is 18.2 Å². The van der Waals surface area contributed by atoms with Crippen LogP contribution in [0.1, 0.15) is 56.1 Å². The molecule has 0 saturated heterocycles. The maximum Gasteiger partial charge on any atom is 0.115 e. The zero-order chi connectivity index (χ0) is 17.1. The second-order valence-electron chi connectivity index (χ2n) is 8.27. The van der Waals surface area contributed by atoms with Gasteiger partial charge < -0.3 is 15.3 Å². The number of aliphatic hydroxyl groups excluding tert-OH is 1. The first-order valence-electron chi connectivity index (χ1n) is 9.00. The van der Waals surface area contributed by atoms with Crippen LogP contribution in [0.3, 0.4) is 0 Å². The summed E-state index contributed by atoms with van der Waals surface area (Å²) < 4.78 is 0. The van der Waals surface area contributed by atoms with Crippen LogP contribution in [0.5, 0.6) is 5.75 Å². The first-order valence-corrected chi connectivity index (χ1v) is 9.00. The molecule has 4 nitrogen and oxygen atoms in total. The number of phenolic OH excluding ortho intramolecular Hbond substituents is 1. The van der Waals surface area contributed by atoms with E-state index in [1.165, 1.54) is 11.1 Å². The molecule has 1 aromatic carbocycles. The lowest BCUT2D eigenvalue weighted by Crippen LogP contribution is -2.53. The molecular weight excluding hydrogens is 302 g/mol. The number of aryl methyl sites for hydroxylation is 1. The average Bonchev–Trinajstić information content (AvgIpc) is 2.75. The average molecular weight is 327 g/mol. The van der Waals surface area contributed by atoms with E-state index in [1.54, 1.807) is 6.07 Å². The Kier molecular flexibility index (Phi) is 3.46. The highest BCUT2D eigenvalue weighted by Crippen LogP contribution is 2.64. The molecule has 24 heavy (non-hydrogen) atoms. The van der Waals surface area contributed by atoms with Gasteiger partial charge in [0, 0.05) is 5.41 Å². The summed E-state index contributed by atoms with van der Waals surface area (Å²) in [6, 6.07) is 7.80. The number of rotatable bonds is 1. The molecule has 4 heteroatoms. The SMILES string of the molecule is C[C@]12CC[C@@H]3c4ccc(O)cc4CC[C@H]3[C@@H]1C[C@@H](O)[C@@]2(O)CC#N. The predicted octanol–water partition coefficient (Wildman–Crippen LogP) is 2.86. The molecule has 6 atom stereocenters. The van der Waals surface area contributed by atoms with Crippen LogP contribution in [0.25, 0.3) is 0 Å². The highest BCUT2D eigenvalue weighted by Gasteiger charge is 2.65. The van der Waals surface area contributed by atoms with E-state index in [1.807, 2.05) is 6.07 Å². The Hall–Kier alpha value is -1.57. The van der Waals surface area contributed by atoms with Crippen molar-refractivity contribution in [2.45, 2.75) is 63.1 Å². The number of phenols is 1. The van der Waals surface area contributed by atoms with Gasteiger partial charge in [0.05, 0.1) is 18.6 Å². The summed E-state index contributed by atoms with van der Waals surface area (Å²) >= 11 is 0. The Balaban J connectivity index is 1.72. The highest BCUT2D eigenvalue weighted by molar-refractivity contribution is 5.40. The van der Waals surface area contributed by atoms with Crippen molar-refractivity contribution in [3.05, 3.63) is 29.3 Å². The fourth-order valence-electron chi connectivity index (χ4n) is 6.12. The van der Waals surface area contributed by atoms with Gasteiger partial charge in [-0.1, -0.05) is 13.0 Å². The number of fused-ring (bicyclic) bond motifs is 5. The molecule has 0 bridgehead atoms. The molecule has 3 aliphatic carbocycles. The van der Waals surface area contributed by atoms with Crippen molar-refractivity contribution in [1.82, 2.24) is 0 Å². The van der Waals surface area contributed by atoms with E-state index in [0.29, 0.717) is 24.0 Å². The fraction of sp³-hybridized carbons (Fsp3) is 0.650. The van der Waals surface area contributed by atoms with Crippen LogP contribution in [0.2, 0.25) is 0 Å². The lowest BCUT2D eigenvalue weighted by atomic mass is 9.53. The minimum Gasteiger partial charge on any atom is -0.508 e. The molecule has 4 rings (SSSR count). The molecule has 3 aliphatic rings. The van der Waals surface area contributed by atoms with Crippen molar-refractivity contribution in [3.63, 3.8) is 0 Å². The maximum atomic E-state index is 11.1. The van der Waals surface area contributed by atoms with Gasteiger partial charge in [-0.25, -0.2) is 0 Å². The summed E-state index contributed by atoms with van der Waals surface area (Å²) in [4.78, 5) is 0. The predicted molar refractivity (Wildman–Crippen MR) is 89.3 cm³/mol. The largest absolute Gasteiger partial charge is 0.508 e. The third-order valence-electron chi connectivity index (χ3n) is 7.47. The number of nitrogens with zero attached hydrogens (tertiary/aromatic N) is 1. The van der Waals surface area contributed by atoms with Crippen LogP contribution in [-0.2, 0) is 6.42 Å². The van der Waals surface area contributed by atoms with E-state index in [0.717, 1.165) is 25.7 Å².